The number of aliphatic hydroxyl groups excluding tert-OH is 1. The fourth-order valence-corrected chi connectivity index (χ4v) is 4.28. The van der Waals surface area contributed by atoms with Crippen LogP contribution in [0.5, 0.6) is 5.75 Å². The third-order valence-electron chi connectivity index (χ3n) is 5.69. The van der Waals surface area contributed by atoms with E-state index >= 15 is 4.39 Å². The van der Waals surface area contributed by atoms with E-state index in [1.165, 1.54) is 4.90 Å². The van der Waals surface area contributed by atoms with Crippen molar-refractivity contribution in [2.24, 2.45) is 0 Å². The monoisotopic (exact) mass is 393 g/mol. The van der Waals surface area contributed by atoms with Gasteiger partial charge in [-0.15, -0.1) is 0 Å². The zero-order chi connectivity index (χ0) is 20.1. The van der Waals surface area contributed by atoms with Gasteiger partial charge in [-0.1, -0.05) is 12.1 Å². The van der Waals surface area contributed by atoms with Gasteiger partial charge < -0.3 is 9.84 Å². The molecule has 5 rings (SSSR count). The van der Waals surface area contributed by atoms with Crippen LogP contribution >= 0.6 is 0 Å². The lowest BCUT2D eigenvalue weighted by molar-refractivity contribution is 0.250. The van der Waals surface area contributed by atoms with Gasteiger partial charge in [0.2, 0.25) is 0 Å². The molecule has 0 saturated heterocycles. The lowest BCUT2D eigenvalue weighted by Gasteiger charge is -2.40. The van der Waals surface area contributed by atoms with E-state index in [9.17, 15) is 9.90 Å². The number of ether oxygens (including phenoxy) is 1. The van der Waals surface area contributed by atoms with Crippen molar-refractivity contribution in [1.29, 1.82) is 0 Å². The van der Waals surface area contributed by atoms with Crippen LogP contribution in [0.1, 0.15) is 23.1 Å². The Balaban J connectivity index is 1.73. The molecule has 2 amide bonds. The molecule has 148 valence electrons. The average Bonchev–Trinajstić information content (AvgIpc) is 2.76. The number of amides is 2. The van der Waals surface area contributed by atoms with Crippen molar-refractivity contribution in [3.8, 4) is 5.75 Å². The molecule has 0 spiro atoms. The van der Waals surface area contributed by atoms with E-state index in [0.29, 0.717) is 23.2 Å². The van der Waals surface area contributed by atoms with Crippen molar-refractivity contribution in [1.82, 2.24) is 4.98 Å². The molecule has 1 aromatic heterocycles. The summed E-state index contributed by atoms with van der Waals surface area (Å²) in [5.41, 5.74) is 3.50. The molecule has 2 aliphatic heterocycles. The Morgan fingerprint density at radius 2 is 2.03 bits per heavy atom. The van der Waals surface area contributed by atoms with Crippen LogP contribution in [0.15, 0.2) is 36.5 Å². The number of aromatic nitrogens is 1. The summed E-state index contributed by atoms with van der Waals surface area (Å²) in [6, 6.07) is 8.66. The van der Waals surface area contributed by atoms with Crippen molar-refractivity contribution in [2.45, 2.75) is 26.0 Å². The van der Waals surface area contributed by atoms with Crippen molar-refractivity contribution in [2.75, 3.05) is 23.5 Å². The van der Waals surface area contributed by atoms with E-state index < -0.39 is 12.4 Å². The third-order valence-corrected chi connectivity index (χ3v) is 5.69. The van der Waals surface area contributed by atoms with Gasteiger partial charge in [0.15, 0.2) is 5.82 Å². The quantitative estimate of drug-likeness (QED) is 0.733. The van der Waals surface area contributed by atoms with Crippen LogP contribution in [-0.2, 0) is 19.6 Å². The van der Waals surface area contributed by atoms with Crippen LogP contribution in [0, 0.1) is 5.82 Å². The topological polar surface area (TPSA) is 65.9 Å². The minimum atomic E-state index is -0.567. The number of halogens is 1. The molecule has 0 aliphatic carbocycles. The first-order valence-corrected chi connectivity index (χ1v) is 9.58. The number of aliphatic hydroxyl groups is 1. The Kier molecular flexibility index (Phi) is 4.13. The summed E-state index contributed by atoms with van der Waals surface area (Å²) in [7, 11) is 1.59. The van der Waals surface area contributed by atoms with Gasteiger partial charge >= 0.3 is 6.03 Å². The molecule has 3 aromatic rings. The number of rotatable bonds is 4. The fraction of sp³-hybridized carbons (Fsp3) is 0.273. The van der Waals surface area contributed by atoms with E-state index in [1.807, 2.05) is 24.3 Å². The number of carbonyl (C=O) groups excluding carboxylic acids is 1. The smallest absolute Gasteiger partial charge is 0.329 e. The van der Waals surface area contributed by atoms with E-state index in [4.69, 9.17) is 4.74 Å². The minimum absolute atomic E-state index is 0.136. The SMILES string of the molecule is COc1ccc(CN2C(=O)N3CCCc4cnc5cc(CO)c(F)c2c5c43)cc1. The van der Waals surface area contributed by atoms with Crippen LogP contribution < -0.4 is 14.5 Å². The van der Waals surface area contributed by atoms with Gasteiger partial charge in [-0.25, -0.2) is 9.18 Å². The highest BCUT2D eigenvalue weighted by atomic mass is 19.1. The number of pyridine rings is 1. The number of hydrogen-bond acceptors (Lipinski definition) is 4. The summed E-state index contributed by atoms with van der Waals surface area (Å²) in [6.45, 7) is 0.346. The summed E-state index contributed by atoms with van der Waals surface area (Å²) in [5.74, 6) is 0.145. The number of aryl methyl sites for hydroxylation is 1. The highest BCUT2D eigenvalue weighted by Crippen LogP contribution is 2.46. The maximum absolute atomic E-state index is 15.4. The summed E-state index contributed by atoms with van der Waals surface area (Å²) in [5, 5.41) is 10.3. The normalized spacial score (nSPS) is 15.2. The van der Waals surface area contributed by atoms with Gasteiger partial charge in [-0.2, -0.15) is 0 Å². The number of carbonyl (C=O) groups is 1. The van der Waals surface area contributed by atoms with Crippen molar-refractivity contribution in [3.05, 3.63) is 59.0 Å². The summed E-state index contributed by atoms with van der Waals surface area (Å²) in [4.78, 5) is 21.1. The number of anilines is 2. The molecule has 7 heteroatoms. The summed E-state index contributed by atoms with van der Waals surface area (Å²) < 4.78 is 20.6. The predicted molar refractivity (Wildman–Crippen MR) is 108 cm³/mol. The highest BCUT2D eigenvalue weighted by molar-refractivity contribution is 6.20. The Bertz CT molecular complexity index is 1130. The van der Waals surface area contributed by atoms with Crippen LogP contribution in [-0.4, -0.2) is 29.8 Å². The van der Waals surface area contributed by atoms with Gasteiger partial charge in [-0.3, -0.25) is 14.8 Å². The number of methoxy groups -OCH3 is 1. The third kappa shape index (κ3) is 2.65. The maximum atomic E-state index is 15.4. The van der Waals surface area contributed by atoms with Crippen molar-refractivity contribution in [3.63, 3.8) is 0 Å². The minimum Gasteiger partial charge on any atom is -0.497 e. The first kappa shape index (κ1) is 17.9. The van der Waals surface area contributed by atoms with Crippen LogP contribution in [0.25, 0.3) is 10.9 Å². The van der Waals surface area contributed by atoms with Crippen LogP contribution in [0.4, 0.5) is 20.6 Å². The van der Waals surface area contributed by atoms with Gasteiger partial charge in [-0.05, 0) is 42.2 Å². The number of nitrogens with zero attached hydrogens (tertiary/aromatic N) is 3. The van der Waals surface area contributed by atoms with Crippen LogP contribution in [0.2, 0.25) is 0 Å². The second-order valence-corrected chi connectivity index (χ2v) is 7.35. The van der Waals surface area contributed by atoms with Gasteiger partial charge in [0.1, 0.15) is 5.75 Å². The zero-order valence-electron chi connectivity index (χ0n) is 16.0. The molecule has 0 bridgehead atoms. The lowest BCUT2D eigenvalue weighted by Crippen LogP contribution is -2.48. The lowest BCUT2D eigenvalue weighted by atomic mass is 9.95. The molecule has 29 heavy (non-hydrogen) atoms. The highest BCUT2D eigenvalue weighted by Gasteiger charge is 2.38. The van der Waals surface area contributed by atoms with E-state index in [0.717, 1.165) is 29.7 Å². The van der Waals surface area contributed by atoms with Crippen molar-refractivity contribution < 1.29 is 19.0 Å². The number of benzene rings is 2. The second kappa shape index (κ2) is 6.70. The standard InChI is InChI=1S/C22H20FN3O3/c1-29-16-6-4-13(5-7-16)11-26-21-18-17(9-15(12-27)19(21)23)24-10-14-3-2-8-25(20(14)18)22(26)28/h4-7,9-10,27H,2-3,8,11-12H2,1H3. The molecule has 0 atom stereocenters. The second-order valence-electron chi connectivity index (χ2n) is 7.35. The Hall–Kier alpha value is -3.19. The summed E-state index contributed by atoms with van der Waals surface area (Å²) >= 11 is 0. The molecule has 1 N–H and O–H groups in total. The summed E-state index contributed by atoms with van der Waals surface area (Å²) in [6.07, 6.45) is 3.41. The molecule has 0 fully saturated rings. The Labute approximate surface area is 167 Å². The first-order valence-electron chi connectivity index (χ1n) is 9.58. The molecule has 0 unspecified atom stereocenters. The largest absolute Gasteiger partial charge is 0.497 e. The number of hydrogen-bond donors (Lipinski definition) is 1. The Morgan fingerprint density at radius 1 is 1.24 bits per heavy atom. The molecule has 0 saturated carbocycles. The van der Waals surface area contributed by atoms with Gasteiger partial charge in [0, 0.05) is 18.3 Å². The van der Waals surface area contributed by atoms with E-state index in [1.54, 1.807) is 24.3 Å². The van der Waals surface area contributed by atoms with E-state index in [-0.39, 0.29) is 23.8 Å². The fourth-order valence-electron chi connectivity index (χ4n) is 4.28. The molecule has 2 aliphatic rings. The van der Waals surface area contributed by atoms with Crippen LogP contribution in [0.3, 0.4) is 0 Å². The zero-order valence-corrected chi connectivity index (χ0v) is 16.0. The predicted octanol–water partition coefficient (Wildman–Crippen LogP) is 3.77. The molecular formula is C22H20FN3O3. The maximum Gasteiger partial charge on any atom is 0.329 e. The van der Waals surface area contributed by atoms with Gasteiger partial charge in [0.05, 0.1) is 42.5 Å². The number of urea groups is 1. The molecule has 6 nitrogen and oxygen atoms in total. The van der Waals surface area contributed by atoms with Crippen molar-refractivity contribution >= 4 is 28.3 Å². The molecule has 2 aromatic carbocycles. The molecule has 0 radical (unpaired) electrons. The van der Waals surface area contributed by atoms with E-state index in [2.05, 4.69) is 4.98 Å². The Morgan fingerprint density at radius 3 is 2.76 bits per heavy atom. The molecule has 3 heterocycles. The first-order chi connectivity index (χ1) is 14.1. The molecular weight excluding hydrogens is 373 g/mol. The van der Waals surface area contributed by atoms with Gasteiger partial charge in [0.25, 0.3) is 0 Å². The average molecular weight is 393 g/mol.